The van der Waals surface area contributed by atoms with Gasteiger partial charge < -0.3 is 20.1 Å². The minimum absolute atomic E-state index is 0.0971. The van der Waals surface area contributed by atoms with E-state index in [4.69, 9.17) is 0 Å². The van der Waals surface area contributed by atoms with Gasteiger partial charge in [-0.05, 0) is 36.4 Å². The van der Waals surface area contributed by atoms with Gasteiger partial charge in [0.1, 0.15) is 17.3 Å². The van der Waals surface area contributed by atoms with Crippen LogP contribution in [0.3, 0.4) is 0 Å². The summed E-state index contributed by atoms with van der Waals surface area (Å²) in [5.74, 6) is -6.06. The van der Waals surface area contributed by atoms with Crippen molar-refractivity contribution >= 4 is 23.4 Å². The lowest BCUT2D eigenvalue weighted by Gasteiger charge is -2.56. The number of nitrogens with one attached hydrogen (secondary N) is 2. The molecule has 0 saturated heterocycles. The van der Waals surface area contributed by atoms with E-state index in [9.17, 15) is 23.2 Å². The van der Waals surface area contributed by atoms with Gasteiger partial charge in [-0.2, -0.15) is 0 Å². The van der Waals surface area contributed by atoms with Crippen LogP contribution in [0, 0.1) is 11.6 Å². The Labute approximate surface area is 239 Å². The average Bonchev–Trinajstić information content (AvgIpc) is 3.34. The number of carbonyl (C=O) groups excluding carboxylic acids is 3. The highest BCUT2D eigenvalue weighted by atomic mass is 19.3. The zero-order valence-electron chi connectivity index (χ0n) is 23.3. The molecule has 222 valence electrons. The number of benzene rings is 1. The Balaban J connectivity index is 1.36. The summed E-state index contributed by atoms with van der Waals surface area (Å²) in [7, 11) is 2.93. The van der Waals surface area contributed by atoms with E-state index in [1.54, 1.807) is 33.7 Å². The molecule has 3 amide bonds. The monoisotopic (exact) mass is 586 g/mol. The molecule has 0 radical (unpaired) electrons. The summed E-state index contributed by atoms with van der Waals surface area (Å²) in [4.78, 5) is 43.5. The van der Waals surface area contributed by atoms with Crippen LogP contribution in [0.1, 0.15) is 57.6 Å². The second kappa shape index (κ2) is 10.9. The number of hydrogen-bond donors (Lipinski definition) is 2. The molecule has 3 heterocycles. The number of rotatable bonds is 7. The van der Waals surface area contributed by atoms with Crippen molar-refractivity contribution in [3.05, 3.63) is 82.4 Å². The van der Waals surface area contributed by atoms with E-state index in [2.05, 4.69) is 15.6 Å². The summed E-state index contributed by atoms with van der Waals surface area (Å²) in [5.41, 5.74) is 0.134. The molecule has 1 saturated carbocycles. The maximum absolute atomic E-state index is 15.1. The fourth-order valence-corrected chi connectivity index (χ4v) is 5.74. The van der Waals surface area contributed by atoms with Crippen molar-refractivity contribution in [1.82, 2.24) is 24.7 Å². The predicted octanol–water partition coefficient (Wildman–Crippen LogP) is 3.89. The normalized spacial score (nSPS) is 16.8. The van der Waals surface area contributed by atoms with E-state index in [1.807, 2.05) is 0 Å². The molecule has 1 aromatic carbocycles. The molecule has 1 fully saturated rings. The standard InChI is InChI=1S/C29H30F4N6O3/c1-17(40)36-20-5-4-19(34-13-20)12-35-26(41)24-6-7-25-28(15-29(32,33)16-28)38(8-9-39(24)25)14-21-22(30)10-18(11-23(21)31)27(42)37(2)3/h4-7,10-11,13H,8-9,12,14-16H2,1-3H3,(H,35,41)(H,36,40). The predicted molar refractivity (Wildman–Crippen MR) is 145 cm³/mol. The summed E-state index contributed by atoms with van der Waals surface area (Å²) < 4.78 is 60.6. The summed E-state index contributed by atoms with van der Waals surface area (Å²) >= 11 is 0. The first-order valence-corrected chi connectivity index (χ1v) is 13.3. The Bertz CT molecular complexity index is 1520. The molecular formula is C29H30F4N6O3. The number of halogens is 4. The van der Waals surface area contributed by atoms with Gasteiger partial charge in [0.05, 0.1) is 29.7 Å². The van der Waals surface area contributed by atoms with Crippen molar-refractivity contribution in [2.75, 3.05) is 26.0 Å². The summed E-state index contributed by atoms with van der Waals surface area (Å²) in [6.45, 7) is 1.60. The molecule has 2 N–H and O–H groups in total. The average molecular weight is 587 g/mol. The number of hydrogen-bond acceptors (Lipinski definition) is 5. The molecular weight excluding hydrogens is 556 g/mol. The second-order valence-electron chi connectivity index (χ2n) is 10.9. The van der Waals surface area contributed by atoms with Gasteiger partial charge in [-0.3, -0.25) is 24.3 Å². The van der Waals surface area contributed by atoms with Crippen LogP contribution in [0.2, 0.25) is 0 Å². The van der Waals surface area contributed by atoms with Crippen LogP contribution in [0.5, 0.6) is 0 Å². The van der Waals surface area contributed by atoms with Crippen molar-refractivity contribution in [1.29, 1.82) is 0 Å². The number of amides is 3. The maximum atomic E-state index is 15.1. The third-order valence-corrected chi connectivity index (χ3v) is 7.71. The Hall–Kier alpha value is -4.26. The van der Waals surface area contributed by atoms with Crippen molar-refractivity contribution in [3.63, 3.8) is 0 Å². The topological polar surface area (TPSA) is 99.6 Å². The quantitative estimate of drug-likeness (QED) is 0.410. The Kier molecular flexibility index (Phi) is 7.56. The van der Waals surface area contributed by atoms with Gasteiger partial charge in [-0.25, -0.2) is 17.6 Å². The fraction of sp³-hybridized carbons (Fsp3) is 0.379. The van der Waals surface area contributed by atoms with Crippen LogP contribution in [0.15, 0.2) is 42.6 Å². The van der Waals surface area contributed by atoms with Gasteiger partial charge in [0, 0.05) is 70.3 Å². The maximum Gasteiger partial charge on any atom is 0.268 e. The van der Waals surface area contributed by atoms with Crippen molar-refractivity contribution in [3.8, 4) is 0 Å². The minimum Gasteiger partial charge on any atom is -0.345 e. The van der Waals surface area contributed by atoms with Gasteiger partial charge in [-0.1, -0.05) is 0 Å². The van der Waals surface area contributed by atoms with Gasteiger partial charge in [0.15, 0.2) is 0 Å². The molecule has 1 spiro atoms. The smallest absolute Gasteiger partial charge is 0.268 e. The zero-order valence-corrected chi connectivity index (χ0v) is 23.3. The number of fused-ring (bicyclic) bond motifs is 2. The molecule has 13 heteroatoms. The number of nitrogens with zero attached hydrogens (tertiary/aromatic N) is 4. The third kappa shape index (κ3) is 5.48. The first-order chi connectivity index (χ1) is 19.8. The van der Waals surface area contributed by atoms with Crippen molar-refractivity contribution in [2.24, 2.45) is 0 Å². The van der Waals surface area contributed by atoms with E-state index >= 15 is 8.78 Å². The van der Waals surface area contributed by atoms with E-state index in [-0.39, 0.29) is 48.9 Å². The van der Waals surface area contributed by atoms with Gasteiger partial charge in [0.2, 0.25) is 5.91 Å². The van der Waals surface area contributed by atoms with Crippen molar-refractivity contribution in [2.45, 2.75) is 50.9 Å². The van der Waals surface area contributed by atoms with E-state index < -0.39 is 47.8 Å². The summed E-state index contributed by atoms with van der Waals surface area (Å²) in [5, 5.41) is 5.39. The second-order valence-corrected chi connectivity index (χ2v) is 10.9. The number of aromatic nitrogens is 2. The van der Waals surface area contributed by atoms with Crippen LogP contribution in [-0.4, -0.2) is 63.6 Å². The first kappa shape index (κ1) is 29.2. The molecule has 2 aliphatic rings. The minimum atomic E-state index is -2.97. The fourth-order valence-electron chi connectivity index (χ4n) is 5.74. The Morgan fingerprint density at radius 1 is 1.02 bits per heavy atom. The first-order valence-electron chi connectivity index (χ1n) is 13.3. The van der Waals surface area contributed by atoms with Crippen LogP contribution in [0.25, 0.3) is 0 Å². The number of anilines is 1. The van der Waals surface area contributed by atoms with Crippen LogP contribution in [0.4, 0.5) is 23.2 Å². The van der Waals surface area contributed by atoms with E-state index in [0.29, 0.717) is 17.1 Å². The Morgan fingerprint density at radius 2 is 1.71 bits per heavy atom. The van der Waals surface area contributed by atoms with Gasteiger partial charge in [-0.15, -0.1) is 0 Å². The largest absolute Gasteiger partial charge is 0.345 e. The molecule has 0 atom stereocenters. The molecule has 5 rings (SSSR count). The molecule has 3 aromatic rings. The van der Waals surface area contributed by atoms with Crippen molar-refractivity contribution < 1.29 is 31.9 Å². The molecule has 0 bridgehead atoms. The number of carbonyl (C=O) groups is 3. The molecule has 1 aliphatic carbocycles. The van der Waals surface area contributed by atoms with Crippen LogP contribution < -0.4 is 10.6 Å². The summed E-state index contributed by atoms with van der Waals surface area (Å²) in [6, 6.07) is 8.40. The number of pyridine rings is 1. The van der Waals surface area contributed by atoms with E-state index in [0.717, 1.165) is 12.1 Å². The SMILES string of the molecule is CC(=O)Nc1ccc(CNC(=O)c2ccc3n2CCN(Cc2c(F)cc(C(=O)N(C)C)cc2F)C32CC(F)(F)C2)nc1. The molecule has 0 unspecified atom stereocenters. The van der Waals surface area contributed by atoms with E-state index in [1.165, 1.54) is 32.1 Å². The number of alkyl halides is 2. The highest BCUT2D eigenvalue weighted by Gasteiger charge is 2.62. The van der Waals surface area contributed by atoms with Gasteiger partial charge >= 0.3 is 0 Å². The molecule has 2 aromatic heterocycles. The highest BCUT2D eigenvalue weighted by Crippen LogP contribution is 2.57. The molecule has 9 nitrogen and oxygen atoms in total. The third-order valence-electron chi connectivity index (χ3n) is 7.71. The molecule has 42 heavy (non-hydrogen) atoms. The van der Waals surface area contributed by atoms with Gasteiger partial charge in [0.25, 0.3) is 17.7 Å². The molecule has 1 aliphatic heterocycles. The zero-order chi connectivity index (χ0) is 30.4. The lowest BCUT2D eigenvalue weighted by atomic mass is 9.68. The van der Waals surface area contributed by atoms with Crippen LogP contribution >= 0.6 is 0 Å². The van der Waals surface area contributed by atoms with Crippen LogP contribution in [-0.2, 0) is 30.0 Å². The Morgan fingerprint density at radius 3 is 2.29 bits per heavy atom. The lowest BCUT2D eigenvalue weighted by molar-refractivity contribution is -0.193. The highest BCUT2D eigenvalue weighted by molar-refractivity contribution is 5.94. The summed E-state index contributed by atoms with van der Waals surface area (Å²) in [6.07, 6.45) is 0.350. The lowest BCUT2D eigenvalue weighted by Crippen LogP contribution is -2.63.